The summed E-state index contributed by atoms with van der Waals surface area (Å²) in [5.74, 6) is 1.73. The van der Waals surface area contributed by atoms with Gasteiger partial charge in [-0.05, 0) is 56.0 Å². The predicted molar refractivity (Wildman–Crippen MR) is 88.4 cm³/mol. The van der Waals surface area contributed by atoms with Crippen LogP contribution in [0.3, 0.4) is 0 Å². The highest BCUT2D eigenvalue weighted by Crippen LogP contribution is 2.34. The molecule has 1 unspecified atom stereocenters. The Morgan fingerprint density at radius 3 is 3.05 bits per heavy atom. The van der Waals surface area contributed by atoms with E-state index in [1.807, 2.05) is 24.8 Å². The van der Waals surface area contributed by atoms with Crippen molar-refractivity contribution < 1.29 is 9.53 Å². The van der Waals surface area contributed by atoms with Crippen LogP contribution in [-0.2, 0) is 11.2 Å². The van der Waals surface area contributed by atoms with Crippen molar-refractivity contribution in [2.24, 2.45) is 11.8 Å². The van der Waals surface area contributed by atoms with Gasteiger partial charge in [0.2, 0.25) is 5.91 Å². The summed E-state index contributed by atoms with van der Waals surface area (Å²) >= 11 is 0. The van der Waals surface area contributed by atoms with Gasteiger partial charge in [-0.1, -0.05) is 19.9 Å². The van der Waals surface area contributed by atoms with Crippen molar-refractivity contribution in [2.75, 3.05) is 31.1 Å². The molecule has 120 valence electrons. The van der Waals surface area contributed by atoms with Crippen molar-refractivity contribution in [1.29, 1.82) is 0 Å². The Hall–Kier alpha value is -1.55. The Balaban J connectivity index is 1.80. The van der Waals surface area contributed by atoms with Gasteiger partial charge in [0, 0.05) is 5.92 Å². The molecule has 22 heavy (non-hydrogen) atoms. The van der Waals surface area contributed by atoms with Crippen LogP contribution in [0.5, 0.6) is 5.75 Å². The minimum absolute atomic E-state index is 0.0113. The second-order valence-electron chi connectivity index (χ2n) is 6.71. The summed E-state index contributed by atoms with van der Waals surface area (Å²) in [6.45, 7) is 7.38. The second kappa shape index (κ2) is 6.69. The Labute approximate surface area is 132 Å². The van der Waals surface area contributed by atoms with Gasteiger partial charge >= 0.3 is 0 Å². The van der Waals surface area contributed by atoms with Crippen molar-refractivity contribution in [3.8, 4) is 5.75 Å². The Morgan fingerprint density at radius 1 is 1.45 bits per heavy atom. The SMILES string of the molecule is CC(C)C(=O)N1CCOc2ccc(CC3CCCNC3)cc21. The first-order valence-electron chi connectivity index (χ1n) is 8.43. The smallest absolute Gasteiger partial charge is 0.229 e. The van der Waals surface area contributed by atoms with Crippen molar-refractivity contribution in [2.45, 2.75) is 33.1 Å². The zero-order valence-corrected chi connectivity index (χ0v) is 13.6. The molecule has 4 heteroatoms. The van der Waals surface area contributed by atoms with E-state index >= 15 is 0 Å². The summed E-state index contributed by atoms with van der Waals surface area (Å²) in [6, 6.07) is 6.33. The van der Waals surface area contributed by atoms with Gasteiger partial charge in [0.25, 0.3) is 0 Å². The fourth-order valence-corrected chi connectivity index (χ4v) is 3.36. The number of anilines is 1. The first-order chi connectivity index (χ1) is 10.6. The third-order valence-electron chi connectivity index (χ3n) is 4.57. The van der Waals surface area contributed by atoms with Crippen LogP contribution in [0.25, 0.3) is 0 Å². The number of fused-ring (bicyclic) bond motifs is 1. The zero-order valence-electron chi connectivity index (χ0n) is 13.6. The minimum Gasteiger partial charge on any atom is -0.490 e. The van der Waals surface area contributed by atoms with Gasteiger partial charge in [-0.2, -0.15) is 0 Å². The van der Waals surface area contributed by atoms with Crippen molar-refractivity contribution in [3.63, 3.8) is 0 Å². The Kier molecular flexibility index (Phi) is 4.67. The molecule has 1 atom stereocenters. The van der Waals surface area contributed by atoms with Crippen LogP contribution in [0.4, 0.5) is 5.69 Å². The fourth-order valence-electron chi connectivity index (χ4n) is 3.36. The van der Waals surface area contributed by atoms with Gasteiger partial charge in [0.15, 0.2) is 0 Å². The molecule has 0 bridgehead atoms. The summed E-state index contributed by atoms with van der Waals surface area (Å²) in [5.41, 5.74) is 2.26. The molecule has 1 N–H and O–H groups in total. The third kappa shape index (κ3) is 3.27. The topological polar surface area (TPSA) is 41.6 Å². The molecule has 2 aliphatic heterocycles. The molecule has 1 amide bonds. The summed E-state index contributed by atoms with van der Waals surface area (Å²) in [5, 5.41) is 3.47. The van der Waals surface area contributed by atoms with Crippen molar-refractivity contribution in [3.05, 3.63) is 23.8 Å². The predicted octanol–water partition coefficient (Wildman–Crippen LogP) is 2.61. The molecule has 0 spiro atoms. The summed E-state index contributed by atoms with van der Waals surface area (Å²) in [7, 11) is 0. The van der Waals surface area contributed by atoms with Gasteiger partial charge < -0.3 is 15.0 Å². The van der Waals surface area contributed by atoms with Gasteiger partial charge in [-0.25, -0.2) is 0 Å². The van der Waals surface area contributed by atoms with E-state index in [-0.39, 0.29) is 11.8 Å². The lowest BCUT2D eigenvalue weighted by molar-refractivity contribution is -0.121. The number of carbonyl (C=O) groups is 1. The minimum atomic E-state index is 0.0113. The highest BCUT2D eigenvalue weighted by Gasteiger charge is 2.26. The highest BCUT2D eigenvalue weighted by molar-refractivity contribution is 5.96. The van der Waals surface area contributed by atoms with Gasteiger partial charge in [-0.3, -0.25) is 4.79 Å². The average molecular weight is 302 g/mol. The molecular formula is C18H26N2O2. The quantitative estimate of drug-likeness (QED) is 0.933. The zero-order chi connectivity index (χ0) is 15.5. The maximum atomic E-state index is 12.4. The average Bonchev–Trinajstić information content (AvgIpc) is 2.54. The van der Waals surface area contributed by atoms with Crippen LogP contribution in [0, 0.1) is 11.8 Å². The number of ether oxygens (including phenoxy) is 1. The van der Waals surface area contributed by atoms with Crippen LogP contribution < -0.4 is 15.0 Å². The van der Waals surface area contributed by atoms with E-state index in [0.29, 0.717) is 19.1 Å². The number of carbonyl (C=O) groups excluding carboxylic acids is 1. The number of benzene rings is 1. The van der Waals surface area contributed by atoms with Gasteiger partial charge in [0.05, 0.1) is 12.2 Å². The number of hydrogen-bond donors (Lipinski definition) is 1. The molecule has 0 aliphatic carbocycles. The molecule has 2 aliphatic rings. The van der Waals surface area contributed by atoms with E-state index in [0.717, 1.165) is 30.9 Å². The van der Waals surface area contributed by atoms with E-state index in [1.165, 1.54) is 18.4 Å². The molecular weight excluding hydrogens is 276 g/mol. The number of nitrogens with zero attached hydrogens (tertiary/aromatic N) is 1. The van der Waals surface area contributed by atoms with E-state index in [4.69, 9.17) is 4.74 Å². The molecule has 1 aromatic rings. The molecule has 0 radical (unpaired) electrons. The van der Waals surface area contributed by atoms with Crippen LogP contribution >= 0.6 is 0 Å². The molecule has 3 rings (SSSR count). The number of rotatable bonds is 3. The Morgan fingerprint density at radius 2 is 2.32 bits per heavy atom. The second-order valence-corrected chi connectivity index (χ2v) is 6.71. The van der Waals surface area contributed by atoms with E-state index in [9.17, 15) is 4.79 Å². The van der Waals surface area contributed by atoms with Gasteiger partial charge in [-0.15, -0.1) is 0 Å². The maximum Gasteiger partial charge on any atom is 0.229 e. The maximum absolute atomic E-state index is 12.4. The summed E-state index contributed by atoms with van der Waals surface area (Å²) < 4.78 is 5.72. The number of amides is 1. The molecule has 2 heterocycles. The van der Waals surface area contributed by atoms with Crippen molar-refractivity contribution >= 4 is 11.6 Å². The van der Waals surface area contributed by atoms with Crippen molar-refractivity contribution in [1.82, 2.24) is 5.32 Å². The molecule has 1 aromatic carbocycles. The Bertz CT molecular complexity index is 536. The molecule has 4 nitrogen and oxygen atoms in total. The van der Waals surface area contributed by atoms with E-state index in [1.54, 1.807) is 0 Å². The monoisotopic (exact) mass is 302 g/mol. The van der Waals surface area contributed by atoms with E-state index in [2.05, 4.69) is 17.4 Å². The largest absolute Gasteiger partial charge is 0.490 e. The molecule has 1 fully saturated rings. The standard InChI is InChI=1S/C18H26N2O2/c1-13(2)18(21)20-8-9-22-17-6-5-14(11-16(17)20)10-15-4-3-7-19-12-15/h5-6,11,13,15,19H,3-4,7-10,12H2,1-2H3. The number of hydrogen-bond acceptors (Lipinski definition) is 3. The van der Waals surface area contributed by atoms with Gasteiger partial charge in [0.1, 0.15) is 12.4 Å². The third-order valence-corrected chi connectivity index (χ3v) is 4.57. The van der Waals surface area contributed by atoms with Crippen LogP contribution in [0.1, 0.15) is 32.3 Å². The normalized spacial score (nSPS) is 21.4. The molecule has 0 saturated carbocycles. The van der Waals surface area contributed by atoms with Crippen LogP contribution in [-0.4, -0.2) is 32.1 Å². The number of nitrogens with one attached hydrogen (secondary N) is 1. The fraction of sp³-hybridized carbons (Fsp3) is 0.611. The lowest BCUT2D eigenvalue weighted by Gasteiger charge is -2.31. The summed E-state index contributed by atoms with van der Waals surface area (Å²) in [4.78, 5) is 14.3. The lowest BCUT2D eigenvalue weighted by Crippen LogP contribution is -2.40. The van der Waals surface area contributed by atoms with Crippen LogP contribution in [0.2, 0.25) is 0 Å². The molecule has 1 saturated heterocycles. The van der Waals surface area contributed by atoms with Crippen LogP contribution in [0.15, 0.2) is 18.2 Å². The first-order valence-corrected chi connectivity index (χ1v) is 8.43. The van der Waals surface area contributed by atoms with E-state index < -0.39 is 0 Å². The molecule has 0 aromatic heterocycles. The lowest BCUT2D eigenvalue weighted by atomic mass is 9.92. The first kappa shape index (κ1) is 15.3. The summed E-state index contributed by atoms with van der Waals surface area (Å²) in [6.07, 6.45) is 3.62. The number of piperidine rings is 1. The highest BCUT2D eigenvalue weighted by atomic mass is 16.5.